The van der Waals surface area contributed by atoms with Crippen LogP contribution >= 0.6 is 0 Å². The van der Waals surface area contributed by atoms with Gasteiger partial charge in [0.1, 0.15) is 0 Å². The molecule has 0 aliphatic rings. The van der Waals surface area contributed by atoms with Crippen LogP contribution in [0.5, 0.6) is 5.75 Å². The smallest absolute Gasteiger partial charge is 0.336 e. The van der Waals surface area contributed by atoms with Gasteiger partial charge >= 0.3 is 5.97 Å². The molecule has 0 aliphatic heterocycles. The predicted octanol–water partition coefficient (Wildman–Crippen LogP) is 2.24. The normalized spacial score (nSPS) is 10.1. The molecular weight excluding hydrogens is 232 g/mol. The zero-order valence-electron chi connectivity index (χ0n) is 9.83. The second kappa shape index (κ2) is 5.27. The van der Waals surface area contributed by atoms with Gasteiger partial charge in [-0.15, -0.1) is 0 Å². The summed E-state index contributed by atoms with van der Waals surface area (Å²) < 4.78 is 5.23. The first-order chi connectivity index (χ1) is 8.72. The third-order valence-electron chi connectivity index (χ3n) is 2.34. The standard InChI is InChI=1S/C13H12N2O3/c1-2-18-9-7-14-12(15-8-9)10-5-3-4-6-11(10)13(16)17/h3-8H,2H2,1H3,(H,16,17). The van der Waals surface area contributed by atoms with Crippen molar-refractivity contribution in [1.29, 1.82) is 0 Å². The van der Waals surface area contributed by atoms with Gasteiger partial charge in [0.15, 0.2) is 11.6 Å². The highest BCUT2D eigenvalue weighted by atomic mass is 16.5. The Kier molecular flexibility index (Phi) is 3.52. The minimum Gasteiger partial charge on any atom is -0.491 e. The molecule has 0 amide bonds. The highest BCUT2D eigenvalue weighted by molar-refractivity contribution is 5.94. The van der Waals surface area contributed by atoms with E-state index in [0.29, 0.717) is 23.7 Å². The third-order valence-corrected chi connectivity index (χ3v) is 2.34. The fourth-order valence-electron chi connectivity index (χ4n) is 1.56. The van der Waals surface area contributed by atoms with E-state index in [0.717, 1.165) is 0 Å². The van der Waals surface area contributed by atoms with Crippen LogP contribution in [-0.2, 0) is 0 Å². The topological polar surface area (TPSA) is 72.3 Å². The summed E-state index contributed by atoms with van der Waals surface area (Å²) in [5.74, 6) is -0.0615. The van der Waals surface area contributed by atoms with E-state index in [2.05, 4.69) is 9.97 Å². The largest absolute Gasteiger partial charge is 0.491 e. The van der Waals surface area contributed by atoms with E-state index in [1.807, 2.05) is 6.92 Å². The molecule has 2 aromatic rings. The maximum absolute atomic E-state index is 11.1. The Morgan fingerprint density at radius 2 is 1.94 bits per heavy atom. The molecule has 1 aromatic carbocycles. The molecule has 1 heterocycles. The Hall–Kier alpha value is -2.43. The molecule has 0 saturated heterocycles. The number of aromatic nitrogens is 2. The molecular formula is C13H12N2O3. The average Bonchev–Trinajstić information content (AvgIpc) is 2.40. The number of carboxylic acids is 1. The summed E-state index contributed by atoms with van der Waals surface area (Å²) >= 11 is 0. The van der Waals surface area contributed by atoms with Gasteiger partial charge in [-0.25, -0.2) is 14.8 Å². The summed E-state index contributed by atoms with van der Waals surface area (Å²) in [6.07, 6.45) is 3.06. The monoisotopic (exact) mass is 244 g/mol. The van der Waals surface area contributed by atoms with E-state index in [-0.39, 0.29) is 5.56 Å². The van der Waals surface area contributed by atoms with Crippen molar-refractivity contribution in [3.63, 3.8) is 0 Å². The fraction of sp³-hybridized carbons (Fsp3) is 0.154. The molecule has 0 aliphatic carbocycles. The van der Waals surface area contributed by atoms with Gasteiger partial charge < -0.3 is 9.84 Å². The van der Waals surface area contributed by atoms with Crippen LogP contribution in [0.2, 0.25) is 0 Å². The zero-order chi connectivity index (χ0) is 13.0. The lowest BCUT2D eigenvalue weighted by molar-refractivity contribution is 0.0697. The summed E-state index contributed by atoms with van der Waals surface area (Å²) in [7, 11) is 0. The predicted molar refractivity (Wildman–Crippen MR) is 65.6 cm³/mol. The lowest BCUT2D eigenvalue weighted by Crippen LogP contribution is -2.01. The van der Waals surface area contributed by atoms with Crippen LogP contribution in [0.15, 0.2) is 36.7 Å². The average molecular weight is 244 g/mol. The number of ether oxygens (including phenoxy) is 1. The van der Waals surface area contributed by atoms with Crippen LogP contribution in [0.4, 0.5) is 0 Å². The molecule has 0 saturated carbocycles. The van der Waals surface area contributed by atoms with E-state index in [1.54, 1.807) is 18.2 Å². The van der Waals surface area contributed by atoms with E-state index >= 15 is 0 Å². The Morgan fingerprint density at radius 1 is 1.28 bits per heavy atom. The maximum Gasteiger partial charge on any atom is 0.336 e. The third kappa shape index (κ3) is 2.45. The quantitative estimate of drug-likeness (QED) is 0.892. The molecule has 1 aromatic heterocycles. The molecule has 5 nitrogen and oxygen atoms in total. The van der Waals surface area contributed by atoms with Gasteiger partial charge in [-0.3, -0.25) is 0 Å². The van der Waals surface area contributed by atoms with E-state index < -0.39 is 5.97 Å². The molecule has 92 valence electrons. The highest BCUT2D eigenvalue weighted by Crippen LogP contribution is 2.20. The number of hydrogen-bond donors (Lipinski definition) is 1. The number of benzene rings is 1. The van der Waals surface area contributed by atoms with E-state index in [1.165, 1.54) is 18.5 Å². The Labute approximate surface area is 104 Å². The summed E-state index contributed by atoms with van der Waals surface area (Å²) in [6, 6.07) is 6.62. The summed E-state index contributed by atoms with van der Waals surface area (Å²) in [4.78, 5) is 19.3. The summed E-state index contributed by atoms with van der Waals surface area (Å²) in [5, 5.41) is 9.09. The molecule has 0 unspecified atom stereocenters. The molecule has 1 N–H and O–H groups in total. The van der Waals surface area contributed by atoms with Crippen LogP contribution in [-0.4, -0.2) is 27.7 Å². The first kappa shape index (κ1) is 12.0. The first-order valence-corrected chi connectivity index (χ1v) is 5.50. The Bertz CT molecular complexity index is 552. The van der Waals surface area contributed by atoms with Crippen LogP contribution in [0.25, 0.3) is 11.4 Å². The minimum atomic E-state index is -0.997. The molecule has 18 heavy (non-hydrogen) atoms. The van der Waals surface area contributed by atoms with Crippen molar-refractivity contribution in [2.24, 2.45) is 0 Å². The molecule has 0 bridgehead atoms. The van der Waals surface area contributed by atoms with Crippen molar-refractivity contribution in [3.05, 3.63) is 42.2 Å². The van der Waals surface area contributed by atoms with Crippen molar-refractivity contribution >= 4 is 5.97 Å². The number of aromatic carboxylic acids is 1. The number of hydrogen-bond acceptors (Lipinski definition) is 4. The molecule has 0 radical (unpaired) electrons. The van der Waals surface area contributed by atoms with Crippen LogP contribution in [0.3, 0.4) is 0 Å². The van der Waals surface area contributed by atoms with Gasteiger partial charge in [0.25, 0.3) is 0 Å². The van der Waals surface area contributed by atoms with Gasteiger partial charge in [0.05, 0.1) is 24.6 Å². The molecule has 0 atom stereocenters. The SMILES string of the molecule is CCOc1cnc(-c2ccccc2C(=O)O)nc1. The number of carboxylic acid groups (broad SMARTS) is 1. The first-order valence-electron chi connectivity index (χ1n) is 5.50. The van der Waals surface area contributed by atoms with Gasteiger partial charge in [-0.1, -0.05) is 18.2 Å². The van der Waals surface area contributed by atoms with Crippen molar-refractivity contribution in [1.82, 2.24) is 9.97 Å². The van der Waals surface area contributed by atoms with Crippen LogP contribution in [0.1, 0.15) is 17.3 Å². The number of carbonyl (C=O) groups is 1. The Balaban J connectivity index is 2.39. The molecule has 5 heteroatoms. The number of rotatable bonds is 4. The zero-order valence-corrected chi connectivity index (χ0v) is 9.83. The lowest BCUT2D eigenvalue weighted by Gasteiger charge is -2.05. The van der Waals surface area contributed by atoms with Crippen molar-refractivity contribution in [2.45, 2.75) is 6.92 Å². The summed E-state index contributed by atoms with van der Waals surface area (Å²) in [6.45, 7) is 2.40. The van der Waals surface area contributed by atoms with Gasteiger partial charge in [-0.05, 0) is 13.0 Å². The van der Waals surface area contributed by atoms with E-state index in [9.17, 15) is 4.79 Å². The summed E-state index contributed by atoms with van der Waals surface area (Å²) in [5.41, 5.74) is 0.676. The van der Waals surface area contributed by atoms with Crippen molar-refractivity contribution in [3.8, 4) is 17.1 Å². The minimum absolute atomic E-state index is 0.182. The fourth-order valence-corrected chi connectivity index (χ4v) is 1.56. The number of nitrogens with zero attached hydrogens (tertiary/aromatic N) is 2. The Morgan fingerprint density at radius 3 is 2.56 bits per heavy atom. The van der Waals surface area contributed by atoms with Crippen molar-refractivity contribution in [2.75, 3.05) is 6.61 Å². The molecule has 0 spiro atoms. The second-order valence-corrected chi connectivity index (χ2v) is 3.53. The van der Waals surface area contributed by atoms with Crippen molar-refractivity contribution < 1.29 is 14.6 Å². The van der Waals surface area contributed by atoms with Gasteiger partial charge in [0, 0.05) is 5.56 Å². The van der Waals surface area contributed by atoms with Crippen LogP contribution < -0.4 is 4.74 Å². The second-order valence-electron chi connectivity index (χ2n) is 3.53. The van der Waals surface area contributed by atoms with Gasteiger partial charge in [-0.2, -0.15) is 0 Å². The van der Waals surface area contributed by atoms with Crippen LogP contribution in [0, 0.1) is 0 Å². The molecule has 0 fully saturated rings. The maximum atomic E-state index is 11.1. The molecule has 2 rings (SSSR count). The van der Waals surface area contributed by atoms with Gasteiger partial charge in [0.2, 0.25) is 0 Å². The lowest BCUT2D eigenvalue weighted by atomic mass is 10.1. The van der Waals surface area contributed by atoms with E-state index in [4.69, 9.17) is 9.84 Å². The highest BCUT2D eigenvalue weighted by Gasteiger charge is 2.12.